The minimum atomic E-state index is -3.04. The number of piperidine rings is 1. The first-order valence-corrected chi connectivity index (χ1v) is 9.25. The molecule has 1 saturated heterocycles. The molecule has 0 aromatic carbocycles. The van der Waals surface area contributed by atoms with Crippen molar-refractivity contribution in [3.05, 3.63) is 16.1 Å². The maximum absolute atomic E-state index is 11.5. The van der Waals surface area contributed by atoms with E-state index in [9.17, 15) is 8.42 Å². The zero-order valence-electron chi connectivity index (χ0n) is 11.4. The predicted molar refractivity (Wildman–Crippen MR) is 77.7 cm³/mol. The molecule has 0 amide bonds. The fraction of sp³-hybridized carbons (Fsp3) is 0.750. The van der Waals surface area contributed by atoms with Crippen LogP contribution in [0.4, 0.5) is 0 Å². The van der Waals surface area contributed by atoms with Crippen molar-refractivity contribution in [3.63, 3.8) is 0 Å². The summed E-state index contributed by atoms with van der Waals surface area (Å²) < 4.78 is 24.6. The average molecular weight is 303 g/mol. The van der Waals surface area contributed by atoms with Crippen molar-refractivity contribution in [2.75, 3.05) is 25.9 Å². The van der Waals surface area contributed by atoms with Crippen molar-refractivity contribution < 1.29 is 8.42 Å². The standard InChI is InChI=1S/C12H21N3O2S2/c1-10-9-18-12(14-10)7-13-6-11-4-3-5-15(8-11)19(2,16)17/h9,11,13H,3-8H2,1-2H3. The van der Waals surface area contributed by atoms with E-state index in [1.807, 2.05) is 12.3 Å². The molecule has 5 nitrogen and oxygen atoms in total. The molecule has 2 rings (SSSR count). The summed E-state index contributed by atoms with van der Waals surface area (Å²) >= 11 is 1.66. The molecule has 1 unspecified atom stereocenters. The van der Waals surface area contributed by atoms with Crippen LogP contribution in [0.3, 0.4) is 0 Å². The second kappa shape index (κ2) is 6.30. The quantitative estimate of drug-likeness (QED) is 0.888. The first-order chi connectivity index (χ1) is 8.95. The number of aromatic nitrogens is 1. The zero-order chi connectivity index (χ0) is 13.9. The van der Waals surface area contributed by atoms with Gasteiger partial charge in [-0.2, -0.15) is 0 Å². The maximum atomic E-state index is 11.5. The third kappa shape index (κ3) is 4.52. The normalized spacial score (nSPS) is 21.7. The molecular formula is C12H21N3O2S2. The van der Waals surface area contributed by atoms with Crippen molar-refractivity contribution in [1.29, 1.82) is 0 Å². The third-order valence-electron chi connectivity index (χ3n) is 3.33. The maximum Gasteiger partial charge on any atom is 0.211 e. The Morgan fingerprint density at radius 2 is 2.37 bits per heavy atom. The Hall–Kier alpha value is -0.500. The summed E-state index contributed by atoms with van der Waals surface area (Å²) in [7, 11) is -3.04. The van der Waals surface area contributed by atoms with Crippen LogP contribution >= 0.6 is 11.3 Å². The van der Waals surface area contributed by atoms with E-state index in [2.05, 4.69) is 10.3 Å². The van der Waals surface area contributed by atoms with Gasteiger partial charge in [-0.25, -0.2) is 17.7 Å². The molecule has 0 bridgehead atoms. The number of hydrogen-bond donors (Lipinski definition) is 1. The van der Waals surface area contributed by atoms with Crippen molar-refractivity contribution in [2.45, 2.75) is 26.3 Å². The molecule has 1 atom stereocenters. The van der Waals surface area contributed by atoms with Gasteiger partial charge >= 0.3 is 0 Å². The van der Waals surface area contributed by atoms with Gasteiger partial charge in [0, 0.05) is 30.7 Å². The highest BCUT2D eigenvalue weighted by Crippen LogP contribution is 2.18. The van der Waals surface area contributed by atoms with Crippen LogP contribution in [0, 0.1) is 12.8 Å². The Kier molecular flexibility index (Phi) is 4.94. The molecule has 1 aromatic heterocycles. The van der Waals surface area contributed by atoms with E-state index in [1.54, 1.807) is 15.6 Å². The zero-order valence-corrected chi connectivity index (χ0v) is 13.1. The van der Waals surface area contributed by atoms with Gasteiger partial charge in [-0.1, -0.05) is 0 Å². The van der Waals surface area contributed by atoms with Crippen LogP contribution in [0.2, 0.25) is 0 Å². The Balaban J connectivity index is 1.77. The summed E-state index contributed by atoms with van der Waals surface area (Å²) in [6.07, 6.45) is 3.34. The highest BCUT2D eigenvalue weighted by molar-refractivity contribution is 7.88. The molecule has 19 heavy (non-hydrogen) atoms. The lowest BCUT2D eigenvalue weighted by Gasteiger charge is -2.30. The molecule has 1 aliphatic rings. The fourth-order valence-corrected chi connectivity index (χ4v) is 4.05. The molecule has 1 N–H and O–H groups in total. The Bertz CT molecular complexity index is 513. The van der Waals surface area contributed by atoms with E-state index in [-0.39, 0.29) is 0 Å². The van der Waals surface area contributed by atoms with E-state index in [4.69, 9.17) is 0 Å². The Morgan fingerprint density at radius 1 is 1.58 bits per heavy atom. The number of sulfonamides is 1. The van der Waals surface area contributed by atoms with Gasteiger partial charge < -0.3 is 5.32 Å². The van der Waals surface area contributed by atoms with Gasteiger partial charge in [0.2, 0.25) is 10.0 Å². The molecule has 1 aromatic rings. The molecule has 1 aliphatic heterocycles. The third-order valence-corrected chi connectivity index (χ3v) is 5.56. The highest BCUT2D eigenvalue weighted by atomic mass is 32.2. The number of thiazole rings is 1. The summed E-state index contributed by atoms with van der Waals surface area (Å²) in [6.45, 7) is 4.92. The Labute approximate surface area is 119 Å². The first-order valence-electron chi connectivity index (χ1n) is 6.52. The molecule has 0 aliphatic carbocycles. The van der Waals surface area contributed by atoms with Crippen molar-refractivity contribution >= 4 is 21.4 Å². The van der Waals surface area contributed by atoms with Crippen LogP contribution in [0.15, 0.2) is 5.38 Å². The molecule has 0 saturated carbocycles. The summed E-state index contributed by atoms with van der Waals surface area (Å²) in [5, 5.41) is 6.52. The molecular weight excluding hydrogens is 282 g/mol. The molecule has 0 spiro atoms. The van der Waals surface area contributed by atoms with Gasteiger partial charge in [0.15, 0.2) is 0 Å². The molecule has 108 valence electrons. The Morgan fingerprint density at radius 3 is 3.00 bits per heavy atom. The van der Waals surface area contributed by atoms with Crippen LogP contribution in [0.5, 0.6) is 0 Å². The van der Waals surface area contributed by atoms with Gasteiger partial charge in [0.1, 0.15) is 5.01 Å². The van der Waals surface area contributed by atoms with Crippen LogP contribution in [0.25, 0.3) is 0 Å². The van der Waals surface area contributed by atoms with Gasteiger partial charge in [-0.3, -0.25) is 0 Å². The van der Waals surface area contributed by atoms with Gasteiger partial charge in [-0.15, -0.1) is 11.3 Å². The van der Waals surface area contributed by atoms with Crippen molar-refractivity contribution in [3.8, 4) is 0 Å². The molecule has 2 heterocycles. The lowest BCUT2D eigenvalue weighted by Crippen LogP contribution is -2.42. The van der Waals surface area contributed by atoms with Crippen molar-refractivity contribution in [1.82, 2.24) is 14.6 Å². The van der Waals surface area contributed by atoms with E-state index in [0.717, 1.165) is 36.6 Å². The van der Waals surface area contributed by atoms with Gasteiger partial charge in [0.05, 0.1) is 6.26 Å². The van der Waals surface area contributed by atoms with Crippen molar-refractivity contribution in [2.24, 2.45) is 5.92 Å². The van der Waals surface area contributed by atoms with E-state index < -0.39 is 10.0 Å². The van der Waals surface area contributed by atoms with Crippen LogP contribution in [-0.2, 0) is 16.6 Å². The van der Waals surface area contributed by atoms with E-state index >= 15 is 0 Å². The van der Waals surface area contributed by atoms with Gasteiger partial charge in [0.25, 0.3) is 0 Å². The highest BCUT2D eigenvalue weighted by Gasteiger charge is 2.25. The molecule has 7 heteroatoms. The minimum Gasteiger partial charge on any atom is -0.310 e. The van der Waals surface area contributed by atoms with E-state index in [0.29, 0.717) is 19.0 Å². The number of rotatable bonds is 5. The molecule has 1 fully saturated rings. The van der Waals surface area contributed by atoms with Crippen LogP contribution in [0.1, 0.15) is 23.5 Å². The van der Waals surface area contributed by atoms with Crippen LogP contribution in [-0.4, -0.2) is 43.6 Å². The van der Waals surface area contributed by atoms with Gasteiger partial charge in [-0.05, 0) is 32.2 Å². The number of aryl methyl sites for hydroxylation is 1. The average Bonchev–Trinajstić information content (AvgIpc) is 2.74. The topological polar surface area (TPSA) is 62.3 Å². The number of nitrogens with zero attached hydrogens (tertiary/aromatic N) is 2. The minimum absolute atomic E-state index is 0.407. The largest absolute Gasteiger partial charge is 0.310 e. The lowest BCUT2D eigenvalue weighted by molar-refractivity contribution is 0.261. The second-order valence-electron chi connectivity index (χ2n) is 5.14. The second-order valence-corrected chi connectivity index (χ2v) is 8.07. The monoisotopic (exact) mass is 303 g/mol. The SMILES string of the molecule is Cc1csc(CNCC2CCCN(S(C)(=O)=O)C2)n1. The summed E-state index contributed by atoms with van der Waals surface area (Å²) in [4.78, 5) is 4.40. The first kappa shape index (κ1) is 14.9. The number of hydrogen-bond acceptors (Lipinski definition) is 5. The van der Waals surface area contributed by atoms with E-state index in [1.165, 1.54) is 6.26 Å². The lowest BCUT2D eigenvalue weighted by atomic mass is 10.00. The number of nitrogens with one attached hydrogen (secondary N) is 1. The predicted octanol–water partition coefficient (Wildman–Crippen LogP) is 1.21. The fourth-order valence-electron chi connectivity index (χ4n) is 2.36. The molecule has 0 radical (unpaired) electrons. The van der Waals surface area contributed by atoms with Crippen LogP contribution < -0.4 is 5.32 Å². The summed E-state index contributed by atoms with van der Waals surface area (Å²) in [5.74, 6) is 0.407. The smallest absolute Gasteiger partial charge is 0.211 e. The summed E-state index contributed by atoms with van der Waals surface area (Å²) in [6, 6.07) is 0. The summed E-state index contributed by atoms with van der Waals surface area (Å²) in [5.41, 5.74) is 1.06.